The van der Waals surface area contributed by atoms with E-state index in [1.165, 1.54) is 0 Å². The Balaban J connectivity index is 1.34. The van der Waals surface area contributed by atoms with Gasteiger partial charge in [0.15, 0.2) is 11.5 Å². The van der Waals surface area contributed by atoms with Crippen molar-refractivity contribution in [3.8, 4) is 22.6 Å². The minimum Gasteiger partial charge on any atom is -0.454 e. The summed E-state index contributed by atoms with van der Waals surface area (Å²) in [6.07, 6.45) is 4.89. The summed E-state index contributed by atoms with van der Waals surface area (Å²) in [5.41, 5.74) is 2.00. The van der Waals surface area contributed by atoms with E-state index in [0.717, 1.165) is 49.2 Å². The Morgan fingerprint density at radius 1 is 1.24 bits per heavy atom. The molecule has 5 rings (SSSR count). The maximum Gasteiger partial charge on any atom is 0.231 e. The highest BCUT2D eigenvalue weighted by atomic mass is 16.7. The number of fused-ring (bicyclic) bond motifs is 1. The summed E-state index contributed by atoms with van der Waals surface area (Å²) in [6, 6.07) is 5.73. The first-order valence-corrected chi connectivity index (χ1v) is 8.70. The fourth-order valence-electron chi connectivity index (χ4n) is 4.07. The summed E-state index contributed by atoms with van der Waals surface area (Å²) < 4.78 is 10.8. The van der Waals surface area contributed by atoms with Gasteiger partial charge in [-0.1, -0.05) is 6.07 Å². The van der Waals surface area contributed by atoms with E-state index < -0.39 is 0 Å². The zero-order valence-corrected chi connectivity index (χ0v) is 13.8. The number of anilines is 1. The molecule has 25 heavy (non-hydrogen) atoms. The van der Waals surface area contributed by atoms with E-state index in [1.54, 1.807) is 6.20 Å². The fraction of sp³-hybridized carbons (Fsp3) is 0.444. The number of rotatable bonds is 3. The second kappa shape index (κ2) is 5.49. The molecule has 3 aliphatic rings. The van der Waals surface area contributed by atoms with E-state index in [4.69, 9.17) is 9.47 Å². The van der Waals surface area contributed by atoms with Crippen molar-refractivity contribution in [2.75, 3.05) is 25.2 Å². The van der Waals surface area contributed by atoms with Gasteiger partial charge >= 0.3 is 0 Å². The fourth-order valence-corrected chi connectivity index (χ4v) is 4.07. The molecule has 7 nitrogen and oxygen atoms in total. The highest BCUT2D eigenvalue weighted by molar-refractivity contribution is 5.97. The van der Waals surface area contributed by atoms with Gasteiger partial charge in [0.1, 0.15) is 5.82 Å². The van der Waals surface area contributed by atoms with Gasteiger partial charge in [-0.15, -0.1) is 0 Å². The van der Waals surface area contributed by atoms with Crippen LogP contribution >= 0.6 is 0 Å². The lowest BCUT2D eigenvalue weighted by Crippen LogP contribution is -2.31. The number of H-pyrrole nitrogens is 1. The molecular formula is C18H20N4O3. The largest absolute Gasteiger partial charge is 0.454 e. The summed E-state index contributed by atoms with van der Waals surface area (Å²) in [5, 5.41) is 13.4. The number of aromatic nitrogens is 2. The standard InChI is InChI=1S/C18H20N4O3/c23-17(13-8-18(13)3-5-19-6-4-18)21-16-12(9-20-22-16)11-1-2-14-15(7-11)25-10-24-14/h1-2,7,9,13,19H,3-6,8,10H2,(H2,20,21,22,23). The minimum absolute atomic E-state index is 0.0909. The molecule has 1 spiro atoms. The van der Waals surface area contributed by atoms with Gasteiger partial charge < -0.3 is 20.1 Å². The first-order valence-electron chi connectivity index (χ1n) is 8.70. The van der Waals surface area contributed by atoms with Crippen LogP contribution in [0, 0.1) is 11.3 Å². The van der Waals surface area contributed by atoms with Crippen molar-refractivity contribution < 1.29 is 14.3 Å². The van der Waals surface area contributed by atoms with Gasteiger partial charge in [0.25, 0.3) is 0 Å². The van der Waals surface area contributed by atoms with Crippen molar-refractivity contribution in [3.63, 3.8) is 0 Å². The molecule has 1 saturated heterocycles. The van der Waals surface area contributed by atoms with Gasteiger partial charge in [-0.25, -0.2) is 0 Å². The molecule has 2 aromatic rings. The number of carbonyl (C=O) groups is 1. The van der Waals surface area contributed by atoms with E-state index in [2.05, 4.69) is 20.8 Å². The molecule has 1 atom stereocenters. The Kier molecular flexibility index (Phi) is 3.24. The van der Waals surface area contributed by atoms with Gasteiger partial charge in [0.05, 0.1) is 6.20 Å². The lowest BCUT2D eigenvalue weighted by Gasteiger charge is -2.23. The van der Waals surface area contributed by atoms with Crippen molar-refractivity contribution in [1.82, 2.24) is 15.5 Å². The van der Waals surface area contributed by atoms with Crippen LogP contribution in [0.3, 0.4) is 0 Å². The van der Waals surface area contributed by atoms with Gasteiger partial charge in [-0.2, -0.15) is 5.10 Å². The number of piperidine rings is 1. The molecule has 7 heteroatoms. The van der Waals surface area contributed by atoms with Crippen molar-refractivity contribution >= 4 is 11.7 Å². The number of hydrogen-bond donors (Lipinski definition) is 3. The number of benzene rings is 1. The molecule has 1 aromatic heterocycles. The minimum atomic E-state index is 0.0909. The summed E-state index contributed by atoms with van der Waals surface area (Å²) in [5.74, 6) is 2.30. The van der Waals surface area contributed by atoms with Crippen LogP contribution in [0.2, 0.25) is 0 Å². The van der Waals surface area contributed by atoms with Crippen LogP contribution in [-0.2, 0) is 4.79 Å². The second-order valence-corrected chi connectivity index (χ2v) is 7.09. The van der Waals surface area contributed by atoms with Gasteiger partial charge in [0, 0.05) is 11.5 Å². The molecule has 2 fully saturated rings. The normalized spacial score (nSPS) is 22.8. The average molecular weight is 340 g/mol. The molecular weight excluding hydrogens is 320 g/mol. The van der Waals surface area contributed by atoms with Gasteiger partial charge in [-0.3, -0.25) is 9.89 Å². The number of nitrogens with zero attached hydrogens (tertiary/aromatic N) is 1. The lowest BCUT2D eigenvalue weighted by atomic mass is 9.92. The molecule has 0 bridgehead atoms. The molecule has 1 unspecified atom stereocenters. The lowest BCUT2D eigenvalue weighted by molar-refractivity contribution is -0.118. The summed E-state index contributed by atoms with van der Waals surface area (Å²) in [4.78, 5) is 12.7. The first kappa shape index (κ1) is 14.8. The Labute approximate surface area is 145 Å². The zero-order chi connectivity index (χ0) is 16.9. The quantitative estimate of drug-likeness (QED) is 0.797. The molecule has 0 radical (unpaired) electrons. The molecule has 3 N–H and O–H groups in total. The Bertz CT molecular complexity index is 825. The van der Waals surface area contributed by atoms with Crippen LogP contribution in [0.4, 0.5) is 5.82 Å². The average Bonchev–Trinajstić information content (AvgIpc) is 3.01. The number of carbonyl (C=O) groups excluding carboxylic acids is 1. The molecule has 2 aliphatic heterocycles. The Hall–Kier alpha value is -2.54. The third-order valence-electron chi connectivity index (χ3n) is 5.68. The Morgan fingerprint density at radius 2 is 2.08 bits per heavy atom. The molecule has 1 saturated carbocycles. The number of nitrogens with one attached hydrogen (secondary N) is 3. The predicted octanol–water partition coefficient (Wildman–Crippen LogP) is 2.13. The monoisotopic (exact) mass is 340 g/mol. The Morgan fingerprint density at radius 3 is 2.96 bits per heavy atom. The van der Waals surface area contributed by atoms with Crippen molar-refractivity contribution in [2.24, 2.45) is 11.3 Å². The number of aromatic amines is 1. The van der Waals surface area contributed by atoms with Crippen molar-refractivity contribution in [1.29, 1.82) is 0 Å². The predicted molar refractivity (Wildman–Crippen MR) is 91.4 cm³/mol. The molecule has 130 valence electrons. The SMILES string of the molecule is O=C(Nc1[nH]ncc1-c1ccc2c(c1)OCO2)C1CC12CCNCC2. The highest BCUT2D eigenvalue weighted by Gasteiger charge is 2.57. The van der Waals surface area contributed by atoms with E-state index in [-0.39, 0.29) is 24.0 Å². The number of hydrogen-bond acceptors (Lipinski definition) is 5. The summed E-state index contributed by atoms with van der Waals surface area (Å²) in [6.45, 7) is 2.26. The molecule has 3 heterocycles. The van der Waals surface area contributed by atoms with Crippen LogP contribution in [0.5, 0.6) is 11.5 Å². The van der Waals surface area contributed by atoms with Crippen molar-refractivity contribution in [2.45, 2.75) is 19.3 Å². The zero-order valence-electron chi connectivity index (χ0n) is 13.8. The van der Waals surface area contributed by atoms with Crippen LogP contribution in [0.1, 0.15) is 19.3 Å². The first-order chi connectivity index (χ1) is 12.3. The molecule has 1 amide bonds. The van der Waals surface area contributed by atoms with Crippen LogP contribution < -0.4 is 20.1 Å². The van der Waals surface area contributed by atoms with E-state index in [0.29, 0.717) is 11.6 Å². The summed E-state index contributed by atoms with van der Waals surface area (Å²) >= 11 is 0. The number of ether oxygens (including phenoxy) is 2. The maximum atomic E-state index is 12.7. The third kappa shape index (κ3) is 2.46. The molecule has 1 aliphatic carbocycles. The highest BCUT2D eigenvalue weighted by Crippen LogP contribution is 2.58. The van der Waals surface area contributed by atoms with E-state index in [1.807, 2.05) is 18.2 Å². The van der Waals surface area contributed by atoms with Crippen LogP contribution in [-0.4, -0.2) is 36.0 Å². The topological polar surface area (TPSA) is 88.3 Å². The molecule has 1 aromatic carbocycles. The van der Waals surface area contributed by atoms with Crippen LogP contribution in [0.25, 0.3) is 11.1 Å². The van der Waals surface area contributed by atoms with Crippen molar-refractivity contribution in [3.05, 3.63) is 24.4 Å². The smallest absolute Gasteiger partial charge is 0.231 e. The third-order valence-corrected chi connectivity index (χ3v) is 5.68. The second-order valence-electron chi connectivity index (χ2n) is 7.09. The van der Waals surface area contributed by atoms with Gasteiger partial charge in [-0.05, 0) is 55.5 Å². The maximum absolute atomic E-state index is 12.7. The van der Waals surface area contributed by atoms with Crippen LogP contribution in [0.15, 0.2) is 24.4 Å². The van der Waals surface area contributed by atoms with E-state index in [9.17, 15) is 4.79 Å². The summed E-state index contributed by atoms with van der Waals surface area (Å²) in [7, 11) is 0. The van der Waals surface area contributed by atoms with Gasteiger partial charge in [0.2, 0.25) is 12.7 Å². The van der Waals surface area contributed by atoms with E-state index >= 15 is 0 Å². The number of amides is 1.